The average molecular weight is 480 g/mol. The van der Waals surface area contributed by atoms with Crippen molar-refractivity contribution in [3.8, 4) is 0 Å². The van der Waals surface area contributed by atoms with Gasteiger partial charge >= 0.3 is 11.1 Å². The maximum absolute atomic E-state index is 13.5. The quantitative estimate of drug-likeness (QED) is 0.524. The predicted molar refractivity (Wildman–Crippen MR) is 134 cm³/mol. The van der Waals surface area contributed by atoms with Crippen molar-refractivity contribution in [3.05, 3.63) is 79.8 Å². The fraction of sp³-hybridized carbons (Fsp3) is 0.444. The maximum Gasteiger partial charge on any atom is 0.317 e. The van der Waals surface area contributed by atoms with Gasteiger partial charge in [-0.05, 0) is 53.9 Å². The molecule has 2 atom stereocenters. The lowest BCUT2D eigenvalue weighted by Crippen LogP contribution is -2.45. The van der Waals surface area contributed by atoms with E-state index in [1.807, 2.05) is 35.2 Å². The molecule has 6 nitrogen and oxygen atoms in total. The molecule has 3 aromatic rings. The van der Waals surface area contributed by atoms with Gasteiger partial charge in [0.25, 0.3) is 0 Å². The number of carbonyl (C=O) groups excluding carboxylic acids is 1. The van der Waals surface area contributed by atoms with Gasteiger partial charge in [-0.2, -0.15) is 0 Å². The van der Waals surface area contributed by atoms with Crippen molar-refractivity contribution in [3.63, 3.8) is 0 Å². The molecule has 1 aliphatic carbocycles. The number of rotatable bonds is 4. The van der Waals surface area contributed by atoms with E-state index in [0.717, 1.165) is 24.8 Å². The van der Waals surface area contributed by atoms with Crippen LogP contribution in [0.4, 0.5) is 0 Å². The van der Waals surface area contributed by atoms with Crippen molar-refractivity contribution in [2.75, 3.05) is 6.54 Å². The molecule has 2 unspecified atom stereocenters. The lowest BCUT2D eigenvalue weighted by Gasteiger charge is -2.39. The second-order valence-corrected chi connectivity index (χ2v) is 11.6. The van der Waals surface area contributed by atoms with Crippen LogP contribution in [0.2, 0.25) is 5.02 Å². The van der Waals surface area contributed by atoms with Crippen molar-refractivity contribution in [2.24, 2.45) is 10.8 Å². The van der Waals surface area contributed by atoms with Gasteiger partial charge in [-0.1, -0.05) is 62.7 Å². The Labute approximate surface area is 203 Å². The molecule has 2 aliphatic rings. The molecule has 1 amide bonds. The molecule has 0 N–H and O–H groups in total. The molecule has 178 valence electrons. The van der Waals surface area contributed by atoms with Gasteiger partial charge in [0.15, 0.2) is 0 Å². The summed E-state index contributed by atoms with van der Waals surface area (Å²) >= 11 is 6.28. The third kappa shape index (κ3) is 4.09. The van der Waals surface area contributed by atoms with Gasteiger partial charge in [-0.3, -0.25) is 23.5 Å². The van der Waals surface area contributed by atoms with E-state index < -0.39 is 11.1 Å². The Morgan fingerprint density at radius 1 is 0.971 bits per heavy atom. The summed E-state index contributed by atoms with van der Waals surface area (Å²) < 4.78 is 2.78. The molecule has 2 fully saturated rings. The first-order valence-electron chi connectivity index (χ1n) is 11.8. The Kier molecular flexibility index (Phi) is 5.47. The van der Waals surface area contributed by atoms with Crippen LogP contribution in [0.5, 0.6) is 0 Å². The average Bonchev–Trinajstić information content (AvgIpc) is 3.03. The van der Waals surface area contributed by atoms with Gasteiger partial charge in [0.2, 0.25) is 5.91 Å². The fourth-order valence-corrected chi connectivity index (χ4v) is 6.61. The summed E-state index contributed by atoms with van der Waals surface area (Å²) in [5.41, 5.74) is 0.926. The summed E-state index contributed by atoms with van der Waals surface area (Å²) in [6.45, 7) is 7.57. The minimum Gasteiger partial charge on any atom is -0.338 e. The minimum atomic E-state index is -0.701. The summed E-state index contributed by atoms with van der Waals surface area (Å²) in [7, 11) is 0. The van der Waals surface area contributed by atoms with Crippen LogP contribution in [0.25, 0.3) is 11.0 Å². The predicted octanol–water partition coefficient (Wildman–Crippen LogP) is 4.29. The van der Waals surface area contributed by atoms with E-state index in [0.29, 0.717) is 22.6 Å². The second-order valence-electron chi connectivity index (χ2n) is 11.1. The van der Waals surface area contributed by atoms with Crippen LogP contribution < -0.4 is 11.1 Å². The van der Waals surface area contributed by atoms with E-state index in [9.17, 15) is 14.4 Å². The SMILES string of the molecule is CC1(C)CC2CC(C)(CN2C(=O)Cn2c(=O)c(=O)n(Cc3ccccc3)c3ccc(Cl)cc32)C1. The van der Waals surface area contributed by atoms with E-state index in [1.165, 1.54) is 9.13 Å². The first kappa shape index (κ1) is 22.9. The van der Waals surface area contributed by atoms with E-state index >= 15 is 0 Å². The summed E-state index contributed by atoms with van der Waals surface area (Å²) in [6.07, 6.45) is 3.02. The van der Waals surface area contributed by atoms with Crippen LogP contribution in [-0.4, -0.2) is 32.5 Å². The standard InChI is InChI=1S/C27H30ClN3O3/c1-26(2)12-20-13-27(3,16-26)17-31(20)23(32)15-30-22-11-19(28)9-10-21(22)29(24(33)25(30)34)14-18-7-5-4-6-8-18/h4-11,20H,12-17H2,1-3H3. The Hall–Kier alpha value is -2.86. The number of carbonyl (C=O) groups is 1. The fourth-order valence-electron chi connectivity index (χ4n) is 6.45. The monoisotopic (exact) mass is 479 g/mol. The molecule has 0 spiro atoms. The van der Waals surface area contributed by atoms with Crippen LogP contribution in [-0.2, 0) is 17.9 Å². The van der Waals surface area contributed by atoms with E-state index in [2.05, 4.69) is 20.8 Å². The largest absolute Gasteiger partial charge is 0.338 e. The number of likely N-dealkylation sites (tertiary alicyclic amines) is 1. The summed E-state index contributed by atoms with van der Waals surface area (Å²) in [5, 5.41) is 0.448. The number of fused-ring (bicyclic) bond motifs is 3. The number of benzene rings is 2. The van der Waals surface area contributed by atoms with Crippen LogP contribution in [0, 0.1) is 10.8 Å². The van der Waals surface area contributed by atoms with Crippen molar-refractivity contribution >= 4 is 28.5 Å². The molecule has 7 heteroatoms. The zero-order valence-corrected chi connectivity index (χ0v) is 20.6. The van der Waals surface area contributed by atoms with Gasteiger partial charge in [-0.15, -0.1) is 0 Å². The van der Waals surface area contributed by atoms with Gasteiger partial charge in [0.05, 0.1) is 17.6 Å². The highest BCUT2D eigenvalue weighted by atomic mass is 35.5. The lowest BCUT2D eigenvalue weighted by molar-refractivity contribution is -0.133. The number of aromatic nitrogens is 2. The number of nitrogens with zero attached hydrogens (tertiary/aromatic N) is 3. The van der Waals surface area contributed by atoms with E-state index in [4.69, 9.17) is 11.6 Å². The highest BCUT2D eigenvalue weighted by Gasteiger charge is 2.50. The molecule has 2 aromatic carbocycles. The van der Waals surface area contributed by atoms with Crippen LogP contribution in [0.3, 0.4) is 0 Å². The highest BCUT2D eigenvalue weighted by molar-refractivity contribution is 6.31. The number of halogens is 1. The molecule has 1 saturated carbocycles. The zero-order valence-electron chi connectivity index (χ0n) is 19.9. The molecular weight excluding hydrogens is 450 g/mol. The van der Waals surface area contributed by atoms with Crippen molar-refractivity contribution in [1.29, 1.82) is 0 Å². The minimum absolute atomic E-state index is 0.0947. The summed E-state index contributed by atoms with van der Waals surface area (Å²) in [4.78, 5) is 41.9. The van der Waals surface area contributed by atoms with E-state index in [1.54, 1.807) is 18.2 Å². The lowest BCUT2D eigenvalue weighted by atomic mass is 9.65. The molecule has 5 rings (SSSR count). The smallest absolute Gasteiger partial charge is 0.317 e. The molecule has 2 bridgehead atoms. The Balaban J connectivity index is 1.54. The Morgan fingerprint density at radius 3 is 2.41 bits per heavy atom. The van der Waals surface area contributed by atoms with Crippen molar-refractivity contribution < 1.29 is 4.79 Å². The van der Waals surface area contributed by atoms with Crippen LogP contribution in [0.15, 0.2) is 58.1 Å². The first-order chi connectivity index (χ1) is 16.1. The van der Waals surface area contributed by atoms with Gasteiger partial charge in [-0.25, -0.2) is 0 Å². The van der Waals surface area contributed by atoms with Gasteiger partial charge in [0.1, 0.15) is 6.54 Å². The topological polar surface area (TPSA) is 64.3 Å². The third-order valence-corrected chi connectivity index (χ3v) is 7.64. The number of hydrogen-bond acceptors (Lipinski definition) is 3. The van der Waals surface area contributed by atoms with Gasteiger partial charge in [0, 0.05) is 17.6 Å². The summed E-state index contributed by atoms with van der Waals surface area (Å²) in [6, 6.07) is 14.8. The Bertz CT molecular complexity index is 1390. The molecule has 0 radical (unpaired) electrons. The van der Waals surface area contributed by atoms with E-state index in [-0.39, 0.29) is 35.9 Å². The molecule has 1 saturated heterocycles. The molecule has 2 heterocycles. The molecule has 34 heavy (non-hydrogen) atoms. The molecule has 1 aliphatic heterocycles. The summed E-state index contributed by atoms with van der Waals surface area (Å²) in [5.74, 6) is -0.116. The molecule has 1 aromatic heterocycles. The first-order valence-corrected chi connectivity index (χ1v) is 12.2. The zero-order chi connectivity index (χ0) is 24.3. The number of amides is 1. The van der Waals surface area contributed by atoms with Crippen molar-refractivity contribution in [1.82, 2.24) is 14.0 Å². The van der Waals surface area contributed by atoms with Crippen LogP contribution >= 0.6 is 11.6 Å². The highest BCUT2D eigenvalue weighted by Crippen LogP contribution is 2.52. The van der Waals surface area contributed by atoms with Crippen LogP contribution in [0.1, 0.15) is 45.6 Å². The van der Waals surface area contributed by atoms with Gasteiger partial charge < -0.3 is 4.90 Å². The third-order valence-electron chi connectivity index (χ3n) is 7.40. The van der Waals surface area contributed by atoms with Crippen molar-refractivity contribution in [2.45, 2.75) is 59.2 Å². The number of hydrogen-bond donors (Lipinski definition) is 0. The Morgan fingerprint density at radius 2 is 1.68 bits per heavy atom. The molecular formula is C27H30ClN3O3. The normalized spacial score (nSPS) is 23.4. The second kappa shape index (κ2) is 8.12. The maximum atomic E-state index is 13.5.